The zero-order valence-corrected chi connectivity index (χ0v) is 13.2. The van der Waals surface area contributed by atoms with Gasteiger partial charge < -0.3 is 15.1 Å². The highest BCUT2D eigenvalue weighted by atomic mass is 16.2. The zero-order valence-electron chi connectivity index (χ0n) is 13.2. The van der Waals surface area contributed by atoms with Gasteiger partial charge in [0, 0.05) is 38.3 Å². The molecule has 5 nitrogen and oxygen atoms in total. The van der Waals surface area contributed by atoms with Crippen molar-refractivity contribution in [1.82, 2.24) is 15.1 Å². The predicted octanol–water partition coefficient (Wildman–Crippen LogP) is 1.10. The normalized spacial score (nSPS) is 19.5. The maximum Gasteiger partial charge on any atom is 0.255 e. The molecule has 0 spiro atoms. The van der Waals surface area contributed by atoms with E-state index in [1.165, 1.54) is 0 Å². The molecule has 1 saturated heterocycles. The summed E-state index contributed by atoms with van der Waals surface area (Å²) in [6.07, 6.45) is 0. The molecule has 0 bridgehead atoms. The first-order chi connectivity index (χ1) is 10.6. The van der Waals surface area contributed by atoms with Gasteiger partial charge in [-0.25, -0.2) is 0 Å². The number of fused-ring (bicyclic) bond motifs is 1. The van der Waals surface area contributed by atoms with Gasteiger partial charge in [0.25, 0.3) is 5.91 Å². The van der Waals surface area contributed by atoms with E-state index in [4.69, 9.17) is 0 Å². The molecule has 1 atom stereocenters. The molecule has 22 heavy (non-hydrogen) atoms. The SMILES string of the molecule is CC(C)[C@H](C(=O)N1CCNCC1)N1Cc2ccccc2C1=O. The number of piperazine rings is 1. The topological polar surface area (TPSA) is 52.7 Å². The summed E-state index contributed by atoms with van der Waals surface area (Å²) in [6, 6.07) is 7.27. The number of carbonyl (C=O) groups is 2. The molecule has 2 aliphatic rings. The molecule has 0 aromatic heterocycles. The van der Waals surface area contributed by atoms with Gasteiger partial charge in [0.2, 0.25) is 5.91 Å². The molecule has 118 valence electrons. The molecular formula is C17H23N3O2. The van der Waals surface area contributed by atoms with Crippen molar-refractivity contribution in [2.75, 3.05) is 26.2 Å². The van der Waals surface area contributed by atoms with Crippen LogP contribution in [0.3, 0.4) is 0 Å². The second-order valence-electron chi connectivity index (χ2n) is 6.35. The Morgan fingerprint density at radius 2 is 1.86 bits per heavy atom. The number of nitrogens with one attached hydrogen (secondary N) is 1. The van der Waals surface area contributed by atoms with E-state index in [-0.39, 0.29) is 23.8 Å². The van der Waals surface area contributed by atoms with Gasteiger partial charge in [-0.3, -0.25) is 9.59 Å². The van der Waals surface area contributed by atoms with Crippen LogP contribution in [-0.2, 0) is 11.3 Å². The van der Waals surface area contributed by atoms with Gasteiger partial charge in [-0.15, -0.1) is 0 Å². The Kier molecular flexibility index (Phi) is 4.16. The van der Waals surface area contributed by atoms with E-state index in [1.54, 1.807) is 4.90 Å². The van der Waals surface area contributed by atoms with Gasteiger partial charge >= 0.3 is 0 Å². The molecule has 1 N–H and O–H groups in total. The third kappa shape index (κ3) is 2.61. The fourth-order valence-corrected chi connectivity index (χ4v) is 3.35. The Morgan fingerprint density at radius 1 is 1.18 bits per heavy atom. The lowest BCUT2D eigenvalue weighted by atomic mass is 10.0. The number of hydrogen-bond donors (Lipinski definition) is 1. The van der Waals surface area contributed by atoms with Gasteiger partial charge in [-0.2, -0.15) is 0 Å². The van der Waals surface area contributed by atoms with E-state index >= 15 is 0 Å². The van der Waals surface area contributed by atoms with Crippen molar-refractivity contribution in [3.8, 4) is 0 Å². The summed E-state index contributed by atoms with van der Waals surface area (Å²) >= 11 is 0. The highest BCUT2D eigenvalue weighted by Crippen LogP contribution is 2.27. The molecule has 1 fully saturated rings. The van der Waals surface area contributed by atoms with Crippen molar-refractivity contribution in [3.63, 3.8) is 0 Å². The van der Waals surface area contributed by atoms with Crippen molar-refractivity contribution in [3.05, 3.63) is 35.4 Å². The first kappa shape index (κ1) is 15.0. The molecule has 0 radical (unpaired) electrons. The minimum Gasteiger partial charge on any atom is -0.338 e. The van der Waals surface area contributed by atoms with E-state index < -0.39 is 0 Å². The van der Waals surface area contributed by atoms with Crippen LogP contribution < -0.4 is 5.32 Å². The van der Waals surface area contributed by atoms with E-state index in [0.29, 0.717) is 6.54 Å². The summed E-state index contributed by atoms with van der Waals surface area (Å²) in [5.41, 5.74) is 1.76. The highest BCUT2D eigenvalue weighted by molar-refractivity contribution is 6.01. The molecule has 0 saturated carbocycles. The average Bonchev–Trinajstić information content (AvgIpc) is 2.85. The maximum atomic E-state index is 12.9. The van der Waals surface area contributed by atoms with Crippen molar-refractivity contribution in [2.24, 2.45) is 5.92 Å². The molecule has 0 aliphatic carbocycles. The maximum absolute atomic E-state index is 12.9. The quantitative estimate of drug-likeness (QED) is 0.909. The zero-order chi connectivity index (χ0) is 15.7. The second kappa shape index (κ2) is 6.08. The van der Waals surface area contributed by atoms with Crippen molar-refractivity contribution >= 4 is 11.8 Å². The molecule has 5 heteroatoms. The summed E-state index contributed by atoms with van der Waals surface area (Å²) in [7, 11) is 0. The molecule has 0 unspecified atom stereocenters. The standard InChI is InChI=1S/C17H23N3O2/c1-12(2)15(17(22)19-9-7-18-8-10-19)20-11-13-5-3-4-6-14(13)16(20)21/h3-6,12,15,18H,7-11H2,1-2H3/t15-/m1/s1. The second-order valence-corrected chi connectivity index (χ2v) is 6.35. The number of amides is 2. The van der Waals surface area contributed by atoms with Crippen molar-refractivity contribution in [1.29, 1.82) is 0 Å². The molecular weight excluding hydrogens is 278 g/mol. The number of benzene rings is 1. The molecule has 2 aliphatic heterocycles. The van der Waals surface area contributed by atoms with E-state index in [2.05, 4.69) is 5.32 Å². The van der Waals surface area contributed by atoms with Crippen LogP contribution in [0.2, 0.25) is 0 Å². The Labute approximate surface area is 131 Å². The Balaban J connectivity index is 1.83. The molecule has 1 aromatic carbocycles. The minimum atomic E-state index is -0.377. The molecule has 2 amide bonds. The summed E-state index contributed by atoms with van der Waals surface area (Å²) in [5.74, 6) is 0.163. The fourth-order valence-electron chi connectivity index (χ4n) is 3.35. The van der Waals surface area contributed by atoms with Crippen molar-refractivity contribution < 1.29 is 9.59 Å². The lowest BCUT2D eigenvalue weighted by Crippen LogP contribution is -2.55. The average molecular weight is 301 g/mol. The molecule has 1 aromatic rings. The Bertz CT molecular complexity index is 579. The van der Waals surface area contributed by atoms with Crippen LogP contribution in [0, 0.1) is 5.92 Å². The monoisotopic (exact) mass is 301 g/mol. The van der Waals surface area contributed by atoms with E-state index in [1.807, 2.05) is 43.0 Å². The van der Waals surface area contributed by atoms with Gasteiger partial charge in [0.15, 0.2) is 0 Å². The van der Waals surface area contributed by atoms with Crippen LogP contribution in [0.25, 0.3) is 0 Å². The van der Waals surface area contributed by atoms with Crippen molar-refractivity contribution in [2.45, 2.75) is 26.4 Å². The van der Waals surface area contributed by atoms with E-state index in [9.17, 15) is 9.59 Å². The van der Waals surface area contributed by atoms with Gasteiger partial charge in [0.1, 0.15) is 6.04 Å². The predicted molar refractivity (Wildman–Crippen MR) is 84.4 cm³/mol. The summed E-state index contributed by atoms with van der Waals surface area (Å²) < 4.78 is 0. The first-order valence-electron chi connectivity index (χ1n) is 7.98. The van der Waals surface area contributed by atoms with Crippen LogP contribution in [0.1, 0.15) is 29.8 Å². The number of rotatable bonds is 3. The van der Waals surface area contributed by atoms with E-state index in [0.717, 1.165) is 37.3 Å². The smallest absolute Gasteiger partial charge is 0.255 e. The molecule has 3 rings (SSSR count). The number of nitrogens with zero attached hydrogens (tertiary/aromatic N) is 2. The summed E-state index contributed by atoms with van der Waals surface area (Å²) in [6.45, 7) is 7.65. The van der Waals surface area contributed by atoms with Gasteiger partial charge in [-0.05, 0) is 17.5 Å². The lowest BCUT2D eigenvalue weighted by molar-refractivity contribution is -0.138. The van der Waals surface area contributed by atoms with Crippen LogP contribution in [0.4, 0.5) is 0 Å². The minimum absolute atomic E-state index is 0.0159. The molecule has 2 heterocycles. The summed E-state index contributed by atoms with van der Waals surface area (Å²) in [4.78, 5) is 29.2. The van der Waals surface area contributed by atoms with Crippen LogP contribution in [0.5, 0.6) is 0 Å². The van der Waals surface area contributed by atoms with Crippen LogP contribution >= 0.6 is 0 Å². The Hall–Kier alpha value is -1.88. The third-order valence-electron chi connectivity index (χ3n) is 4.50. The largest absolute Gasteiger partial charge is 0.338 e. The number of hydrogen-bond acceptors (Lipinski definition) is 3. The van der Waals surface area contributed by atoms with Gasteiger partial charge in [0.05, 0.1) is 0 Å². The van der Waals surface area contributed by atoms with Crippen LogP contribution in [0.15, 0.2) is 24.3 Å². The first-order valence-corrected chi connectivity index (χ1v) is 7.98. The highest BCUT2D eigenvalue weighted by Gasteiger charge is 2.39. The fraction of sp³-hybridized carbons (Fsp3) is 0.529. The van der Waals surface area contributed by atoms with Crippen LogP contribution in [-0.4, -0.2) is 53.8 Å². The lowest BCUT2D eigenvalue weighted by Gasteiger charge is -2.36. The Morgan fingerprint density at radius 3 is 2.50 bits per heavy atom. The number of carbonyl (C=O) groups excluding carboxylic acids is 2. The third-order valence-corrected chi connectivity index (χ3v) is 4.50. The van der Waals surface area contributed by atoms with Gasteiger partial charge in [-0.1, -0.05) is 32.0 Å². The summed E-state index contributed by atoms with van der Waals surface area (Å²) in [5, 5.41) is 3.26.